The first-order valence-corrected chi connectivity index (χ1v) is 7.67. The highest BCUT2D eigenvalue weighted by atomic mass is 79.9. The van der Waals surface area contributed by atoms with Gasteiger partial charge in [0.15, 0.2) is 0 Å². The van der Waals surface area contributed by atoms with E-state index in [0.717, 1.165) is 14.0 Å². The smallest absolute Gasteiger partial charge is 0.0758 e. The molecule has 5 heteroatoms. The number of nitrogens with two attached hydrogens (primary N) is 1. The maximum Gasteiger partial charge on any atom is 0.0758 e. The van der Waals surface area contributed by atoms with Crippen LogP contribution in [0.1, 0.15) is 16.5 Å². The Labute approximate surface area is 114 Å². The Hall–Kier alpha value is 0.320. The second kappa shape index (κ2) is 5.10. The van der Waals surface area contributed by atoms with Crippen molar-refractivity contribution < 1.29 is 0 Å². The van der Waals surface area contributed by atoms with E-state index in [9.17, 15) is 0 Å². The molecular weight excluding hydrogens is 358 g/mol. The second-order valence-electron chi connectivity index (χ2n) is 3.17. The van der Waals surface area contributed by atoms with E-state index in [1.807, 2.05) is 0 Å². The molecule has 2 heterocycles. The third-order valence-corrected chi connectivity index (χ3v) is 5.37. The normalized spacial score (nSPS) is 13.0. The van der Waals surface area contributed by atoms with Crippen LogP contribution >= 0.6 is 54.5 Å². The lowest BCUT2D eigenvalue weighted by atomic mass is 10.1. The third kappa shape index (κ3) is 2.91. The lowest BCUT2D eigenvalue weighted by molar-refractivity contribution is 0.730. The fourth-order valence-electron chi connectivity index (χ4n) is 1.36. The monoisotopic (exact) mass is 365 g/mol. The van der Waals surface area contributed by atoms with Gasteiger partial charge in [0.25, 0.3) is 0 Å². The van der Waals surface area contributed by atoms with Crippen molar-refractivity contribution in [3.8, 4) is 0 Å². The van der Waals surface area contributed by atoms with Crippen molar-refractivity contribution in [1.82, 2.24) is 0 Å². The SMILES string of the molecule is NC(Cc1cccs1)c1cc(Br)sc1Br. The minimum Gasteiger partial charge on any atom is -0.324 e. The minimum absolute atomic E-state index is 0.0700. The van der Waals surface area contributed by atoms with E-state index in [4.69, 9.17) is 5.73 Å². The Morgan fingerprint density at radius 1 is 1.40 bits per heavy atom. The van der Waals surface area contributed by atoms with Gasteiger partial charge in [0, 0.05) is 17.3 Å². The number of hydrogen-bond acceptors (Lipinski definition) is 3. The summed E-state index contributed by atoms with van der Waals surface area (Å²) >= 11 is 10.4. The van der Waals surface area contributed by atoms with Gasteiger partial charge < -0.3 is 5.73 Å². The van der Waals surface area contributed by atoms with Crippen molar-refractivity contribution >= 4 is 54.5 Å². The molecule has 1 unspecified atom stereocenters. The summed E-state index contributed by atoms with van der Waals surface area (Å²) in [5.41, 5.74) is 7.34. The van der Waals surface area contributed by atoms with Crippen LogP contribution in [0.2, 0.25) is 0 Å². The molecule has 2 aromatic rings. The van der Waals surface area contributed by atoms with Gasteiger partial charge in [-0.3, -0.25) is 0 Å². The predicted octanol–water partition coefficient (Wildman–Crippen LogP) is 4.58. The number of thiophene rings is 2. The number of hydrogen-bond donors (Lipinski definition) is 1. The molecule has 1 atom stereocenters. The first-order chi connectivity index (χ1) is 7.16. The molecule has 0 radical (unpaired) electrons. The molecule has 0 amide bonds. The minimum atomic E-state index is 0.0700. The zero-order chi connectivity index (χ0) is 10.8. The van der Waals surface area contributed by atoms with Gasteiger partial charge in [-0.05, 0) is 54.9 Å². The Balaban J connectivity index is 2.14. The molecule has 0 aliphatic rings. The summed E-state index contributed by atoms with van der Waals surface area (Å²) in [6.07, 6.45) is 0.902. The maximum atomic E-state index is 6.16. The fraction of sp³-hybridized carbons (Fsp3) is 0.200. The molecule has 0 saturated heterocycles. The third-order valence-electron chi connectivity index (χ3n) is 2.08. The van der Waals surface area contributed by atoms with Gasteiger partial charge in [-0.25, -0.2) is 0 Å². The van der Waals surface area contributed by atoms with E-state index in [1.165, 1.54) is 10.4 Å². The van der Waals surface area contributed by atoms with Crippen LogP contribution in [0.4, 0.5) is 0 Å². The topological polar surface area (TPSA) is 26.0 Å². The Kier molecular flexibility index (Phi) is 4.01. The highest BCUT2D eigenvalue weighted by Gasteiger charge is 2.14. The molecule has 15 heavy (non-hydrogen) atoms. The molecule has 0 aliphatic carbocycles. The lowest BCUT2D eigenvalue weighted by Gasteiger charge is -2.08. The standard InChI is InChI=1S/C10H9Br2NS2/c11-9-5-7(10(12)15-9)8(13)4-6-2-1-3-14-6/h1-3,5,8H,4,13H2. The average Bonchev–Trinajstić information content (AvgIpc) is 2.75. The van der Waals surface area contributed by atoms with Gasteiger partial charge in [-0.2, -0.15) is 0 Å². The molecule has 0 bridgehead atoms. The van der Waals surface area contributed by atoms with Crippen LogP contribution in [-0.2, 0) is 6.42 Å². The Morgan fingerprint density at radius 2 is 2.20 bits per heavy atom. The van der Waals surface area contributed by atoms with E-state index in [-0.39, 0.29) is 6.04 Å². The van der Waals surface area contributed by atoms with E-state index < -0.39 is 0 Å². The molecule has 1 nitrogen and oxygen atoms in total. The van der Waals surface area contributed by atoms with Gasteiger partial charge in [0.05, 0.1) is 7.57 Å². The number of halogens is 2. The summed E-state index contributed by atoms with van der Waals surface area (Å²) in [5.74, 6) is 0. The maximum absolute atomic E-state index is 6.16. The average molecular weight is 367 g/mol. The molecule has 2 aromatic heterocycles. The van der Waals surface area contributed by atoms with Crippen molar-refractivity contribution in [3.63, 3.8) is 0 Å². The van der Waals surface area contributed by atoms with Crippen LogP contribution < -0.4 is 5.73 Å². The van der Waals surface area contributed by atoms with Crippen LogP contribution in [0, 0.1) is 0 Å². The van der Waals surface area contributed by atoms with Crippen LogP contribution in [0.5, 0.6) is 0 Å². The quantitative estimate of drug-likeness (QED) is 0.845. The van der Waals surface area contributed by atoms with E-state index in [0.29, 0.717) is 0 Å². The molecule has 0 aromatic carbocycles. The second-order valence-corrected chi connectivity index (χ2v) is 7.95. The van der Waals surface area contributed by atoms with E-state index in [1.54, 1.807) is 22.7 Å². The molecule has 0 fully saturated rings. The summed E-state index contributed by atoms with van der Waals surface area (Å²) < 4.78 is 2.24. The first-order valence-electron chi connectivity index (χ1n) is 4.39. The van der Waals surface area contributed by atoms with Crippen LogP contribution in [0.3, 0.4) is 0 Å². The van der Waals surface area contributed by atoms with Gasteiger partial charge in [0.1, 0.15) is 0 Å². The zero-order valence-corrected chi connectivity index (χ0v) is 12.5. The van der Waals surface area contributed by atoms with Gasteiger partial charge in [-0.1, -0.05) is 6.07 Å². The van der Waals surface area contributed by atoms with Crippen LogP contribution in [-0.4, -0.2) is 0 Å². The van der Waals surface area contributed by atoms with Crippen LogP contribution in [0.25, 0.3) is 0 Å². The predicted molar refractivity (Wildman–Crippen MR) is 74.7 cm³/mol. The summed E-state index contributed by atoms with van der Waals surface area (Å²) in [4.78, 5) is 1.33. The molecule has 0 aliphatic heterocycles. The summed E-state index contributed by atoms with van der Waals surface area (Å²) in [6, 6.07) is 6.35. The molecule has 80 valence electrons. The Morgan fingerprint density at radius 3 is 2.73 bits per heavy atom. The molecule has 2 rings (SSSR count). The van der Waals surface area contributed by atoms with Gasteiger partial charge >= 0.3 is 0 Å². The molecule has 0 spiro atoms. The summed E-state index contributed by atoms with van der Waals surface area (Å²) in [6.45, 7) is 0. The van der Waals surface area contributed by atoms with Crippen molar-refractivity contribution in [2.45, 2.75) is 12.5 Å². The summed E-state index contributed by atoms with van der Waals surface area (Å²) in [5, 5.41) is 2.08. The summed E-state index contributed by atoms with van der Waals surface area (Å²) in [7, 11) is 0. The largest absolute Gasteiger partial charge is 0.324 e. The van der Waals surface area contributed by atoms with E-state index in [2.05, 4.69) is 55.4 Å². The first kappa shape index (κ1) is 11.8. The fourth-order valence-corrected chi connectivity index (χ4v) is 5.13. The van der Waals surface area contributed by atoms with E-state index >= 15 is 0 Å². The molecule has 2 N–H and O–H groups in total. The van der Waals surface area contributed by atoms with Crippen molar-refractivity contribution in [1.29, 1.82) is 0 Å². The van der Waals surface area contributed by atoms with Crippen LogP contribution in [0.15, 0.2) is 31.2 Å². The van der Waals surface area contributed by atoms with Crippen molar-refractivity contribution in [3.05, 3.63) is 41.6 Å². The molecular formula is C10H9Br2NS2. The van der Waals surface area contributed by atoms with Crippen molar-refractivity contribution in [2.75, 3.05) is 0 Å². The Bertz CT molecular complexity index is 436. The zero-order valence-electron chi connectivity index (χ0n) is 7.74. The lowest BCUT2D eigenvalue weighted by Crippen LogP contribution is -2.12. The highest BCUT2D eigenvalue weighted by molar-refractivity contribution is 9.12. The molecule has 0 saturated carbocycles. The van der Waals surface area contributed by atoms with Gasteiger partial charge in [0.2, 0.25) is 0 Å². The number of rotatable bonds is 3. The highest BCUT2D eigenvalue weighted by Crippen LogP contribution is 2.35. The van der Waals surface area contributed by atoms with Gasteiger partial charge in [-0.15, -0.1) is 22.7 Å². The van der Waals surface area contributed by atoms with Crippen molar-refractivity contribution in [2.24, 2.45) is 5.73 Å².